The molecule has 11 heavy (non-hydrogen) atoms. The molecule has 0 aromatic heterocycles. The van der Waals surface area contributed by atoms with Crippen LogP contribution >= 0.6 is 0 Å². The summed E-state index contributed by atoms with van der Waals surface area (Å²) in [7, 11) is 0. The first-order valence-electron chi connectivity index (χ1n) is 3.01. The van der Waals surface area contributed by atoms with Gasteiger partial charge in [0.1, 0.15) is 5.75 Å². The zero-order valence-electron chi connectivity index (χ0n) is 5.65. The molecule has 0 heterocycles. The molecular weight excluding hydrogens is 144 g/mol. The summed E-state index contributed by atoms with van der Waals surface area (Å²) in [5.41, 5.74) is 0.498. The zero-order valence-corrected chi connectivity index (χ0v) is 5.65. The van der Waals surface area contributed by atoms with Crippen LogP contribution < -0.4 is 0 Å². The topological polar surface area (TPSA) is 54.4 Å². The molecule has 0 radical (unpaired) electrons. The summed E-state index contributed by atoms with van der Waals surface area (Å²) in [6.07, 6.45) is 1.10. The Kier molecular flexibility index (Phi) is 2.01. The lowest BCUT2D eigenvalue weighted by Crippen LogP contribution is -1.88. The molecular formula is C8H6O3. The Hall–Kier alpha value is -1.64. The summed E-state index contributed by atoms with van der Waals surface area (Å²) in [6, 6.07) is 4.00. The van der Waals surface area contributed by atoms with E-state index in [4.69, 9.17) is 5.11 Å². The molecule has 0 fully saturated rings. The monoisotopic (exact) mass is 150 g/mol. The smallest absolute Gasteiger partial charge is 0.150 e. The van der Waals surface area contributed by atoms with E-state index in [0.29, 0.717) is 12.6 Å². The predicted molar refractivity (Wildman–Crippen MR) is 38.9 cm³/mol. The number of benzene rings is 1. The van der Waals surface area contributed by atoms with Crippen LogP contribution in [0, 0.1) is 0 Å². The molecule has 0 atom stereocenters. The van der Waals surface area contributed by atoms with Gasteiger partial charge in [0.25, 0.3) is 0 Å². The van der Waals surface area contributed by atoms with Crippen molar-refractivity contribution in [1.29, 1.82) is 0 Å². The molecule has 1 N–H and O–H groups in total. The Morgan fingerprint density at radius 3 is 2.27 bits per heavy atom. The minimum Gasteiger partial charge on any atom is -0.508 e. The van der Waals surface area contributed by atoms with Gasteiger partial charge in [-0.1, -0.05) is 0 Å². The van der Waals surface area contributed by atoms with E-state index in [-0.39, 0.29) is 16.9 Å². The number of carbonyl (C=O) groups is 2. The van der Waals surface area contributed by atoms with Crippen LogP contribution in [0.2, 0.25) is 0 Å². The van der Waals surface area contributed by atoms with E-state index >= 15 is 0 Å². The molecule has 1 aromatic rings. The van der Waals surface area contributed by atoms with E-state index in [9.17, 15) is 9.59 Å². The summed E-state index contributed by atoms with van der Waals surface area (Å²) in [5, 5.41) is 8.89. The number of phenols is 1. The van der Waals surface area contributed by atoms with E-state index in [1.54, 1.807) is 0 Å². The molecule has 0 spiro atoms. The van der Waals surface area contributed by atoms with Crippen molar-refractivity contribution in [1.82, 2.24) is 0 Å². The molecule has 0 aliphatic heterocycles. The molecule has 0 aliphatic rings. The molecule has 0 amide bonds. The van der Waals surface area contributed by atoms with Crippen LogP contribution in [0.1, 0.15) is 20.7 Å². The number of hydrogen-bond acceptors (Lipinski definition) is 3. The Bertz CT molecular complexity index is 291. The third-order valence-electron chi connectivity index (χ3n) is 1.32. The van der Waals surface area contributed by atoms with Gasteiger partial charge >= 0.3 is 0 Å². The highest BCUT2D eigenvalue weighted by molar-refractivity contribution is 5.90. The number of phenolic OH excluding ortho intramolecular Hbond substituents is 1. The van der Waals surface area contributed by atoms with Gasteiger partial charge in [-0.15, -0.1) is 0 Å². The fourth-order valence-corrected chi connectivity index (χ4v) is 0.772. The van der Waals surface area contributed by atoms with Crippen molar-refractivity contribution in [2.45, 2.75) is 0 Å². The van der Waals surface area contributed by atoms with Crippen LogP contribution in [0.15, 0.2) is 18.2 Å². The van der Waals surface area contributed by atoms with Crippen LogP contribution in [0.25, 0.3) is 0 Å². The van der Waals surface area contributed by atoms with Crippen molar-refractivity contribution in [3.05, 3.63) is 29.3 Å². The Morgan fingerprint density at radius 1 is 1.09 bits per heavy atom. The van der Waals surface area contributed by atoms with Crippen LogP contribution in [0.5, 0.6) is 5.75 Å². The standard InChI is InChI=1S/C8H6O3/c9-4-6-1-2-8(11)3-7(6)5-10/h1-5,11H. The molecule has 0 saturated heterocycles. The first-order chi connectivity index (χ1) is 5.27. The Morgan fingerprint density at radius 2 is 1.73 bits per heavy atom. The number of hydrogen-bond donors (Lipinski definition) is 1. The first kappa shape index (κ1) is 7.47. The third-order valence-corrected chi connectivity index (χ3v) is 1.32. The van der Waals surface area contributed by atoms with Crippen LogP contribution in [0.3, 0.4) is 0 Å². The van der Waals surface area contributed by atoms with E-state index in [2.05, 4.69) is 0 Å². The quantitative estimate of drug-likeness (QED) is 0.640. The van der Waals surface area contributed by atoms with Crippen LogP contribution in [-0.4, -0.2) is 17.7 Å². The maximum absolute atomic E-state index is 10.3. The zero-order chi connectivity index (χ0) is 8.27. The molecule has 3 nitrogen and oxygen atoms in total. The van der Waals surface area contributed by atoms with Crippen LogP contribution in [0.4, 0.5) is 0 Å². The van der Waals surface area contributed by atoms with Gasteiger partial charge in [-0.3, -0.25) is 9.59 Å². The summed E-state index contributed by atoms with van der Waals surface area (Å²) in [6.45, 7) is 0. The Labute approximate surface area is 63.3 Å². The lowest BCUT2D eigenvalue weighted by Gasteiger charge is -1.95. The van der Waals surface area contributed by atoms with Gasteiger partial charge in [0.05, 0.1) is 0 Å². The average molecular weight is 150 g/mol. The molecule has 1 aromatic carbocycles. The average Bonchev–Trinajstić information content (AvgIpc) is 2.04. The second-order valence-electron chi connectivity index (χ2n) is 2.05. The van der Waals surface area contributed by atoms with Crippen molar-refractivity contribution >= 4 is 12.6 Å². The Balaban J connectivity index is 3.26. The van der Waals surface area contributed by atoms with Gasteiger partial charge in [0.2, 0.25) is 0 Å². The molecule has 0 unspecified atom stereocenters. The van der Waals surface area contributed by atoms with Crippen molar-refractivity contribution in [2.24, 2.45) is 0 Å². The van der Waals surface area contributed by atoms with E-state index in [0.717, 1.165) is 0 Å². The van der Waals surface area contributed by atoms with Crippen LogP contribution in [-0.2, 0) is 0 Å². The number of carbonyl (C=O) groups excluding carboxylic acids is 2. The fourth-order valence-electron chi connectivity index (χ4n) is 0.772. The lowest BCUT2D eigenvalue weighted by atomic mass is 10.1. The van der Waals surface area contributed by atoms with Crippen molar-refractivity contribution < 1.29 is 14.7 Å². The van der Waals surface area contributed by atoms with E-state index in [1.807, 2.05) is 0 Å². The minimum absolute atomic E-state index is 0.0160. The van der Waals surface area contributed by atoms with Gasteiger partial charge in [-0.05, 0) is 18.2 Å². The highest BCUT2D eigenvalue weighted by atomic mass is 16.3. The summed E-state index contributed by atoms with van der Waals surface area (Å²) < 4.78 is 0. The van der Waals surface area contributed by atoms with Gasteiger partial charge in [-0.25, -0.2) is 0 Å². The highest BCUT2D eigenvalue weighted by Gasteiger charge is 1.99. The van der Waals surface area contributed by atoms with Crippen molar-refractivity contribution in [3.63, 3.8) is 0 Å². The molecule has 0 aliphatic carbocycles. The highest BCUT2D eigenvalue weighted by Crippen LogP contribution is 2.12. The van der Waals surface area contributed by atoms with Gasteiger partial charge < -0.3 is 5.11 Å². The maximum atomic E-state index is 10.3. The third kappa shape index (κ3) is 1.43. The largest absolute Gasteiger partial charge is 0.508 e. The maximum Gasteiger partial charge on any atom is 0.150 e. The van der Waals surface area contributed by atoms with Gasteiger partial charge in [-0.2, -0.15) is 0 Å². The van der Waals surface area contributed by atoms with Crippen molar-refractivity contribution in [2.75, 3.05) is 0 Å². The molecule has 0 saturated carbocycles. The second kappa shape index (κ2) is 2.96. The van der Waals surface area contributed by atoms with E-state index < -0.39 is 0 Å². The van der Waals surface area contributed by atoms with Gasteiger partial charge in [0, 0.05) is 11.1 Å². The summed E-state index contributed by atoms with van der Waals surface area (Å²) in [5.74, 6) is -0.0160. The SMILES string of the molecule is O=Cc1ccc(O)cc1C=O. The fraction of sp³-hybridized carbons (Fsp3) is 0. The summed E-state index contributed by atoms with van der Waals surface area (Å²) >= 11 is 0. The van der Waals surface area contributed by atoms with E-state index in [1.165, 1.54) is 18.2 Å². The molecule has 56 valence electrons. The van der Waals surface area contributed by atoms with Crippen molar-refractivity contribution in [3.8, 4) is 5.75 Å². The predicted octanol–water partition coefficient (Wildman–Crippen LogP) is 1.02. The molecule has 1 rings (SSSR count). The lowest BCUT2D eigenvalue weighted by molar-refractivity contribution is 0.109. The number of aromatic hydroxyl groups is 1. The number of aldehydes is 2. The normalized spacial score (nSPS) is 9.09. The first-order valence-corrected chi connectivity index (χ1v) is 3.01. The second-order valence-corrected chi connectivity index (χ2v) is 2.05. The number of rotatable bonds is 2. The summed E-state index contributed by atoms with van der Waals surface area (Å²) in [4.78, 5) is 20.5. The minimum atomic E-state index is -0.0160. The molecule has 3 heteroatoms. The van der Waals surface area contributed by atoms with Gasteiger partial charge in [0.15, 0.2) is 12.6 Å². The molecule has 0 bridgehead atoms.